The second kappa shape index (κ2) is 7.54. The lowest BCUT2D eigenvalue weighted by atomic mass is 10.1. The Kier molecular flexibility index (Phi) is 6.92. The molecule has 0 saturated heterocycles. The van der Waals surface area contributed by atoms with Crippen LogP contribution in [0.5, 0.6) is 0 Å². The summed E-state index contributed by atoms with van der Waals surface area (Å²) in [5, 5.41) is -0.403. The molecule has 0 N–H and O–H groups in total. The highest BCUT2D eigenvalue weighted by molar-refractivity contribution is 7.20. The van der Waals surface area contributed by atoms with Crippen molar-refractivity contribution in [2.75, 3.05) is 6.61 Å². The normalized spacial score (nSPS) is 16.2. The summed E-state index contributed by atoms with van der Waals surface area (Å²) in [7, 11) is -5.49. The van der Waals surface area contributed by atoms with Crippen LogP contribution in [0.3, 0.4) is 0 Å². The first-order valence-corrected chi connectivity index (χ1v) is 19.2. The van der Waals surface area contributed by atoms with Gasteiger partial charge in [0.2, 0.25) is 0 Å². The van der Waals surface area contributed by atoms with E-state index in [-0.39, 0.29) is 0 Å². The van der Waals surface area contributed by atoms with Crippen LogP contribution in [-0.2, 0) is 14.1 Å². The number of benzene rings is 1. The molecule has 0 spiro atoms. The minimum Gasteiger partial charge on any atom is -0.418 e. The Labute approximate surface area is 150 Å². The van der Waals surface area contributed by atoms with Gasteiger partial charge in [0.05, 0.1) is 5.22 Å². The van der Waals surface area contributed by atoms with Gasteiger partial charge in [0.15, 0.2) is 24.0 Å². The zero-order valence-corrected chi connectivity index (χ0v) is 19.8. The molecule has 1 rings (SSSR count). The summed E-state index contributed by atoms with van der Waals surface area (Å²) in [5.74, 6) is 0. The highest BCUT2D eigenvalue weighted by Gasteiger charge is 2.50. The molecule has 0 amide bonds. The number of hydrogen-bond donors (Lipinski definition) is 0. The molecule has 1 aromatic rings. The summed E-state index contributed by atoms with van der Waals surface area (Å²) in [4.78, 5) is 0. The predicted octanol–water partition coefficient (Wildman–Crippen LogP) is 5.96. The van der Waals surface area contributed by atoms with Crippen LogP contribution in [-0.4, -0.2) is 30.6 Å². The number of halogens is 1. The Morgan fingerprint density at radius 2 is 1.39 bits per heavy atom. The van der Waals surface area contributed by atoms with Crippen molar-refractivity contribution in [1.29, 1.82) is 0 Å². The lowest BCUT2D eigenvalue weighted by Gasteiger charge is -2.46. The molecule has 1 atom stereocenters. The van der Waals surface area contributed by atoms with Crippen molar-refractivity contribution in [1.82, 2.24) is 0 Å². The molecule has 0 aliphatic heterocycles. The van der Waals surface area contributed by atoms with Crippen LogP contribution in [0.4, 0.5) is 0 Å². The smallest absolute Gasteiger partial charge is 0.188 e. The van der Waals surface area contributed by atoms with Crippen LogP contribution in [0.1, 0.15) is 12.0 Å². The van der Waals surface area contributed by atoms with E-state index < -0.39 is 29.2 Å². The Morgan fingerprint density at radius 3 is 1.78 bits per heavy atom. The molecule has 0 fully saturated rings. The van der Waals surface area contributed by atoms with Crippen molar-refractivity contribution in [3.05, 3.63) is 35.9 Å². The van der Waals surface area contributed by atoms with Crippen LogP contribution >= 0.6 is 11.1 Å². The maximum Gasteiger partial charge on any atom is 0.188 e. The van der Waals surface area contributed by atoms with Crippen LogP contribution in [0.25, 0.3) is 0 Å². The van der Waals surface area contributed by atoms with Gasteiger partial charge in [-0.3, -0.25) is 0 Å². The van der Waals surface area contributed by atoms with E-state index in [1.165, 1.54) is 5.56 Å². The maximum atomic E-state index is 7.04. The van der Waals surface area contributed by atoms with Gasteiger partial charge in [0.1, 0.15) is 0 Å². The average molecular weight is 389 g/mol. The van der Waals surface area contributed by atoms with E-state index in [0.29, 0.717) is 6.61 Å². The van der Waals surface area contributed by atoms with E-state index in [2.05, 4.69) is 76.6 Å². The Morgan fingerprint density at radius 1 is 0.870 bits per heavy atom. The summed E-state index contributed by atoms with van der Waals surface area (Å²) in [6.45, 7) is 18.5. The highest BCUT2D eigenvalue weighted by atomic mass is 35.6. The zero-order chi connectivity index (χ0) is 17.9. The average Bonchev–Trinajstić information content (AvgIpc) is 2.34. The monoisotopic (exact) mass is 388 g/mol. The largest absolute Gasteiger partial charge is 0.418 e. The SMILES string of the molecule is C[Si](C)(C)OCCC(O[Si](C)(C)C)(c1ccccc1)[Si](C)(C)Cl. The molecular weight excluding hydrogens is 356 g/mol. The summed E-state index contributed by atoms with van der Waals surface area (Å²) < 4.78 is 12.9. The van der Waals surface area contributed by atoms with Gasteiger partial charge in [0, 0.05) is 6.61 Å². The van der Waals surface area contributed by atoms with E-state index in [0.717, 1.165) is 6.42 Å². The maximum absolute atomic E-state index is 7.04. The minimum atomic E-state index is -2.16. The first-order valence-electron chi connectivity index (χ1n) is 8.35. The molecule has 0 radical (unpaired) electrons. The lowest BCUT2D eigenvalue weighted by molar-refractivity contribution is 0.104. The van der Waals surface area contributed by atoms with Gasteiger partial charge in [-0.15, -0.1) is 0 Å². The fraction of sp³-hybridized carbons (Fsp3) is 0.647. The Balaban J connectivity index is 3.25. The third kappa shape index (κ3) is 6.48. The second-order valence-corrected chi connectivity index (χ2v) is 24.1. The van der Waals surface area contributed by atoms with Crippen LogP contribution in [0, 0.1) is 0 Å². The first-order chi connectivity index (χ1) is 10.3. The first kappa shape index (κ1) is 21.1. The lowest BCUT2D eigenvalue weighted by Crippen LogP contribution is -2.55. The van der Waals surface area contributed by atoms with Gasteiger partial charge in [-0.2, -0.15) is 11.1 Å². The molecule has 0 aliphatic carbocycles. The molecule has 23 heavy (non-hydrogen) atoms. The van der Waals surface area contributed by atoms with E-state index >= 15 is 0 Å². The summed E-state index contributed by atoms with van der Waals surface area (Å²) >= 11 is 7.04. The van der Waals surface area contributed by atoms with Crippen molar-refractivity contribution in [2.24, 2.45) is 0 Å². The fourth-order valence-electron chi connectivity index (χ4n) is 2.75. The van der Waals surface area contributed by atoms with E-state index in [9.17, 15) is 0 Å². The summed E-state index contributed by atoms with van der Waals surface area (Å²) in [6.07, 6.45) is 0.828. The minimum absolute atomic E-state index is 0.403. The second-order valence-electron chi connectivity index (χ2n) is 8.59. The van der Waals surface area contributed by atoms with Crippen molar-refractivity contribution in [3.8, 4) is 0 Å². The van der Waals surface area contributed by atoms with Crippen LogP contribution < -0.4 is 0 Å². The molecular formula is C17H33ClO2Si3. The van der Waals surface area contributed by atoms with E-state index in [1.807, 2.05) is 6.07 Å². The molecule has 0 bridgehead atoms. The topological polar surface area (TPSA) is 18.5 Å². The highest BCUT2D eigenvalue weighted by Crippen LogP contribution is 2.43. The van der Waals surface area contributed by atoms with Gasteiger partial charge >= 0.3 is 0 Å². The van der Waals surface area contributed by atoms with Crippen molar-refractivity contribution >= 4 is 35.1 Å². The van der Waals surface area contributed by atoms with E-state index in [4.69, 9.17) is 19.9 Å². The van der Waals surface area contributed by atoms with Crippen molar-refractivity contribution in [2.45, 2.75) is 64.0 Å². The molecule has 0 saturated carbocycles. The molecule has 1 unspecified atom stereocenters. The van der Waals surface area contributed by atoms with E-state index in [1.54, 1.807) is 0 Å². The summed E-state index contributed by atoms with van der Waals surface area (Å²) in [5.41, 5.74) is 1.20. The summed E-state index contributed by atoms with van der Waals surface area (Å²) in [6, 6.07) is 10.5. The van der Waals surface area contributed by atoms with Crippen molar-refractivity contribution in [3.63, 3.8) is 0 Å². The molecule has 2 nitrogen and oxygen atoms in total. The van der Waals surface area contributed by atoms with Gasteiger partial charge in [-0.25, -0.2) is 0 Å². The Hall–Kier alpha value is 0.0806. The van der Waals surface area contributed by atoms with Crippen LogP contribution in [0.15, 0.2) is 30.3 Å². The molecule has 132 valence electrons. The standard InChI is InChI=1S/C17H33ClO2Si3/c1-21(2,3)19-15-14-17(23(7,8)18,20-22(4,5)6)16-12-10-9-11-13-16/h9-13H,14-15H2,1-8H3. The predicted molar refractivity (Wildman–Crippen MR) is 110 cm³/mol. The number of rotatable bonds is 8. The molecule has 1 aromatic carbocycles. The molecule has 0 heterocycles. The molecule has 0 aliphatic rings. The van der Waals surface area contributed by atoms with Gasteiger partial charge in [0.25, 0.3) is 0 Å². The van der Waals surface area contributed by atoms with Crippen LogP contribution in [0.2, 0.25) is 52.4 Å². The van der Waals surface area contributed by atoms with Gasteiger partial charge in [-0.05, 0) is 51.3 Å². The third-order valence-corrected chi connectivity index (χ3v) is 9.38. The zero-order valence-electron chi connectivity index (χ0n) is 16.0. The van der Waals surface area contributed by atoms with Gasteiger partial charge in [-0.1, -0.05) is 43.4 Å². The third-order valence-electron chi connectivity index (χ3n) is 3.67. The molecule has 6 heteroatoms. The number of hydrogen-bond acceptors (Lipinski definition) is 2. The molecule has 0 aromatic heterocycles. The van der Waals surface area contributed by atoms with Gasteiger partial charge < -0.3 is 8.85 Å². The Bertz CT molecular complexity index is 489. The quantitative estimate of drug-likeness (QED) is 0.404. The fourth-order valence-corrected chi connectivity index (χ4v) is 9.12. The van der Waals surface area contributed by atoms with Crippen molar-refractivity contribution < 1.29 is 8.85 Å².